The number of rotatable bonds is 8. The van der Waals surface area contributed by atoms with Crippen LogP contribution in [-0.4, -0.2) is 36.8 Å². The molecule has 0 amide bonds. The molecule has 0 saturated heterocycles. The fourth-order valence-corrected chi connectivity index (χ4v) is 1.37. The predicted molar refractivity (Wildman–Crippen MR) is 70.5 cm³/mol. The minimum absolute atomic E-state index is 0.687. The maximum absolute atomic E-state index is 5.00. The van der Waals surface area contributed by atoms with Gasteiger partial charge in [0.15, 0.2) is 0 Å². The van der Waals surface area contributed by atoms with Crippen molar-refractivity contribution in [3.63, 3.8) is 0 Å². The number of hydrogen-bond donors (Lipinski definition) is 2. The number of aromatic nitrogens is 2. The minimum Gasteiger partial charge on any atom is -0.385 e. The van der Waals surface area contributed by atoms with Gasteiger partial charge in [0, 0.05) is 38.6 Å². The highest BCUT2D eigenvalue weighted by Gasteiger charge is 2.02. The zero-order valence-electron chi connectivity index (χ0n) is 10.9. The van der Waals surface area contributed by atoms with Crippen molar-refractivity contribution in [1.29, 1.82) is 0 Å². The van der Waals surface area contributed by atoms with Gasteiger partial charge in [-0.15, -0.1) is 0 Å². The van der Waals surface area contributed by atoms with Crippen LogP contribution in [0.15, 0.2) is 6.20 Å². The van der Waals surface area contributed by atoms with Crippen molar-refractivity contribution in [1.82, 2.24) is 9.97 Å². The third-order valence-corrected chi connectivity index (χ3v) is 2.32. The molecular formula is C12H22N4O. The van der Waals surface area contributed by atoms with Crippen LogP contribution >= 0.6 is 0 Å². The number of aryl methyl sites for hydroxylation is 1. The van der Waals surface area contributed by atoms with E-state index >= 15 is 0 Å². The second-order valence-electron chi connectivity index (χ2n) is 3.93. The van der Waals surface area contributed by atoms with Crippen LogP contribution in [0.3, 0.4) is 0 Å². The van der Waals surface area contributed by atoms with Crippen LogP contribution in [0.2, 0.25) is 0 Å². The average Bonchev–Trinajstić information content (AvgIpc) is 2.35. The molecule has 96 valence electrons. The molecule has 0 atom stereocenters. The minimum atomic E-state index is 0.687. The Labute approximate surface area is 103 Å². The van der Waals surface area contributed by atoms with E-state index in [9.17, 15) is 0 Å². The Bertz CT molecular complexity index is 330. The fourth-order valence-electron chi connectivity index (χ4n) is 1.37. The van der Waals surface area contributed by atoms with E-state index in [1.54, 1.807) is 7.11 Å². The lowest BCUT2D eigenvalue weighted by Gasteiger charge is -2.10. The Kier molecular flexibility index (Phi) is 6.32. The van der Waals surface area contributed by atoms with Gasteiger partial charge in [0.25, 0.3) is 0 Å². The third kappa shape index (κ3) is 4.99. The summed E-state index contributed by atoms with van der Waals surface area (Å²) in [4.78, 5) is 8.67. The van der Waals surface area contributed by atoms with Gasteiger partial charge in [0.1, 0.15) is 5.82 Å². The molecule has 0 aliphatic heterocycles. The van der Waals surface area contributed by atoms with E-state index in [0.29, 0.717) is 5.95 Å². The Hall–Kier alpha value is -1.36. The van der Waals surface area contributed by atoms with Gasteiger partial charge in [-0.25, -0.2) is 4.98 Å². The standard InChI is InChI=1S/C12H22N4O/c1-4-6-14-12-15-9-10(2)11(16-12)13-7-5-8-17-3/h9H,4-8H2,1-3H3,(H2,13,14,15,16). The van der Waals surface area contributed by atoms with E-state index in [2.05, 4.69) is 27.5 Å². The zero-order valence-corrected chi connectivity index (χ0v) is 10.9. The summed E-state index contributed by atoms with van der Waals surface area (Å²) >= 11 is 0. The smallest absolute Gasteiger partial charge is 0.224 e. The molecule has 5 nitrogen and oxygen atoms in total. The molecule has 0 aliphatic carbocycles. The van der Waals surface area contributed by atoms with Gasteiger partial charge >= 0.3 is 0 Å². The first kappa shape index (κ1) is 13.7. The Balaban J connectivity index is 2.50. The van der Waals surface area contributed by atoms with Crippen molar-refractivity contribution in [2.24, 2.45) is 0 Å². The van der Waals surface area contributed by atoms with Gasteiger partial charge in [-0.1, -0.05) is 6.92 Å². The highest BCUT2D eigenvalue weighted by molar-refractivity contribution is 5.46. The van der Waals surface area contributed by atoms with Gasteiger partial charge in [0.2, 0.25) is 5.95 Å². The molecule has 0 radical (unpaired) electrons. The number of hydrogen-bond acceptors (Lipinski definition) is 5. The largest absolute Gasteiger partial charge is 0.385 e. The summed E-state index contributed by atoms with van der Waals surface area (Å²) in [7, 11) is 1.71. The monoisotopic (exact) mass is 238 g/mol. The lowest BCUT2D eigenvalue weighted by molar-refractivity contribution is 0.197. The van der Waals surface area contributed by atoms with Crippen LogP contribution in [0.5, 0.6) is 0 Å². The van der Waals surface area contributed by atoms with E-state index in [1.807, 2.05) is 13.1 Å². The molecule has 2 N–H and O–H groups in total. The van der Waals surface area contributed by atoms with E-state index < -0.39 is 0 Å². The molecule has 0 bridgehead atoms. The van der Waals surface area contributed by atoms with Crippen LogP contribution in [0.4, 0.5) is 11.8 Å². The first-order valence-electron chi connectivity index (χ1n) is 6.08. The summed E-state index contributed by atoms with van der Waals surface area (Å²) in [6, 6.07) is 0. The molecule has 1 aromatic rings. The SMILES string of the molecule is CCCNc1ncc(C)c(NCCCOC)n1. The highest BCUT2D eigenvalue weighted by atomic mass is 16.5. The van der Waals surface area contributed by atoms with Crippen molar-refractivity contribution in [2.75, 3.05) is 37.4 Å². The Morgan fingerprint density at radius 1 is 1.29 bits per heavy atom. The summed E-state index contributed by atoms with van der Waals surface area (Å²) in [6.45, 7) is 6.64. The van der Waals surface area contributed by atoms with E-state index in [-0.39, 0.29) is 0 Å². The van der Waals surface area contributed by atoms with E-state index in [0.717, 1.165) is 43.9 Å². The topological polar surface area (TPSA) is 59.1 Å². The summed E-state index contributed by atoms with van der Waals surface area (Å²) < 4.78 is 5.00. The van der Waals surface area contributed by atoms with Crippen molar-refractivity contribution in [3.8, 4) is 0 Å². The molecule has 0 spiro atoms. The molecule has 1 aromatic heterocycles. The van der Waals surface area contributed by atoms with Gasteiger partial charge in [0.05, 0.1) is 0 Å². The van der Waals surface area contributed by atoms with Gasteiger partial charge in [-0.2, -0.15) is 4.98 Å². The molecule has 0 aliphatic rings. The van der Waals surface area contributed by atoms with E-state index in [1.165, 1.54) is 0 Å². The van der Waals surface area contributed by atoms with Crippen molar-refractivity contribution in [2.45, 2.75) is 26.7 Å². The fraction of sp³-hybridized carbons (Fsp3) is 0.667. The van der Waals surface area contributed by atoms with Gasteiger partial charge in [-0.3, -0.25) is 0 Å². The molecule has 0 fully saturated rings. The molecule has 5 heteroatoms. The van der Waals surface area contributed by atoms with Gasteiger partial charge < -0.3 is 15.4 Å². The van der Waals surface area contributed by atoms with Crippen molar-refractivity contribution >= 4 is 11.8 Å². The van der Waals surface area contributed by atoms with Crippen molar-refractivity contribution < 1.29 is 4.74 Å². The number of nitrogens with zero attached hydrogens (tertiary/aromatic N) is 2. The lowest BCUT2D eigenvalue weighted by Crippen LogP contribution is -2.10. The number of nitrogens with one attached hydrogen (secondary N) is 2. The van der Waals surface area contributed by atoms with Crippen LogP contribution in [0.1, 0.15) is 25.3 Å². The Morgan fingerprint density at radius 3 is 2.82 bits per heavy atom. The lowest BCUT2D eigenvalue weighted by atomic mass is 10.3. The Morgan fingerprint density at radius 2 is 2.12 bits per heavy atom. The second kappa shape index (κ2) is 7.84. The second-order valence-corrected chi connectivity index (χ2v) is 3.93. The number of methoxy groups -OCH3 is 1. The third-order valence-electron chi connectivity index (χ3n) is 2.32. The average molecular weight is 238 g/mol. The quantitative estimate of drug-likeness (QED) is 0.679. The molecule has 0 aromatic carbocycles. The summed E-state index contributed by atoms with van der Waals surface area (Å²) in [5.41, 5.74) is 1.06. The normalized spacial score (nSPS) is 10.3. The molecule has 0 saturated carbocycles. The molecule has 1 rings (SSSR count). The van der Waals surface area contributed by atoms with Crippen LogP contribution < -0.4 is 10.6 Å². The predicted octanol–water partition coefficient (Wildman–Crippen LogP) is 2.06. The van der Waals surface area contributed by atoms with Crippen LogP contribution in [0, 0.1) is 6.92 Å². The molecule has 0 unspecified atom stereocenters. The number of ether oxygens (including phenoxy) is 1. The van der Waals surface area contributed by atoms with Gasteiger partial charge in [-0.05, 0) is 19.8 Å². The first-order valence-corrected chi connectivity index (χ1v) is 6.08. The van der Waals surface area contributed by atoms with Crippen molar-refractivity contribution in [3.05, 3.63) is 11.8 Å². The van der Waals surface area contributed by atoms with Crippen LogP contribution in [-0.2, 0) is 4.74 Å². The molecule has 17 heavy (non-hydrogen) atoms. The summed E-state index contributed by atoms with van der Waals surface area (Å²) in [6.07, 6.45) is 3.87. The zero-order chi connectivity index (χ0) is 12.5. The molecular weight excluding hydrogens is 216 g/mol. The summed E-state index contributed by atoms with van der Waals surface area (Å²) in [5.74, 6) is 1.58. The summed E-state index contributed by atoms with van der Waals surface area (Å²) in [5, 5.41) is 6.47. The maximum atomic E-state index is 5.00. The van der Waals surface area contributed by atoms with E-state index in [4.69, 9.17) is 4.74 Å². The molecule has 1 heterocycles. The highest BCUT2D eigenvalue weighted by Crippen LogP contribution is 2.12. The number of anilines is 2. The maximum Gasteiger partial charge on any atom is 0.224 e. The first-order chi connectivity index (χ1) is 8.27. The van der Waals surface area contributed by atoms with Crippen LogP contribution in [0.25, 0.3) is 0 Å².